The summed E-state index contributed by atoms with van der Waals surface area (Å²) >= 11 is 0. The summed E-state index contributed by atoms with van der Waals surface area (Å²) < 4.78 is 0. The maximum atomic E-state index is 5.91. The lowest BCUT2D eigenvalue weighted by Gasteiger charge is -2.33. The minimum atomic E-state index is 0.498. The van der Waals surface area contributed by atoms with Crippen LogP contribution in [0, 0.1) is 11.8 Å². The summed E-state index contributed by atoms with van der Waals surface area (Å²) in [6.07, 6.45) is 7.00. The molecule has 0 radical (unpaired) electrons. The first-order valence-electron chi connectivity index (χ1n) is 11.0. The lowest BCUT2D eigenvalue weighted by atomic mass is 9.81. The van der Waals surface area contributed by atoms with Gasteiger partial charge in [-0.15, -0.1) is 0 Å². The fraction of sp³-hybridized carbons (Fsp3) is 0.625. The second kappa shape index (κ2) is 10.8. The topological polar surface area (TPSA) is 28.1 Å². The highest BCUT2D eigenvalue weighted by Gasteiger charge is 2.24. The summed E-state index contributed by atoms with van der Waals surface area (Å²) in [7, 11) is 2.20. The normalized spacial score (nSPS) is 25.9. The Morgan fingerprint density at radius 1 is 1.18 bits per heavy atom. The molecule has 0 amide bonds. The number of allylic oxidation sites excluding steroid dienone is 1. The molecule has 0 bridgehead atoms. The van der Waals surface area contributed by atoms with E-state index >= 15 is 0 Å². The maximum Gasteiger partial charge on any atom is 0.120 e. The van der Waals surface area contributed by atoms with Crippen LogP contribution in [-0.2, 0) is 4.84 Å². The van der Waals surface area contributed by atoms with E-state index in [2.05, 4.69) is 72.3 Å². The van der Waals surface area contributed by atoms with Gasteiger partial charge in [0.25, 0.3) is 0 Å². The van der Waals surface area contributed by atoms with Crippen LogP contribution < -0.4 is 0 Å². The smallest absolute Gasteiger partial charge is 0.120 e. The minimum absolute atomic E-state index is 0.498. The van der Waals surface area contributed by atoms with Crippen LogP contribution in [0.2, 0.25) is 0 Å². The van der Waals surface area contributed by atoms with Gasteiger partial charge in [-0.1, -0.05) is 49.3 Å². The van der Waals surface area contributed by atoms with E-state index in [1.807, 2.05) is 0 Å². The lowest BCUT2D eigenvalue weighted by Crippen LogP contribution is -2.46. The largest absolute Gasteiger partial charge is 0.395 e. The number of likely N-dealkylation sites (N-methyl/N-ethyl adjacent to an activating group) is 1. The van der Waals surface area contributed by atoms with Crippen molar-refractivity contribution in [2.75, 3.05) is 46.4 Å². The number of hydrogen-bond acceptors (Lipinski definition) is 4. The van der Waals surface area contributed by atoms with Crippen molar-refractivity contribution in [1.82, 2.24) is 9.80 Å². The van der Waals surface area contributed by atoms with Crippen LogP contribution in [-0.4, -0.2) is 61.9 Å². The zero-order valence-electron chi connectivity index (χ0n) is 17.9. The molecule has 1 aliphatic heterocycles. The summed E-state index contributed by atoms with van der Waals surface area (Å²) in [5.41, 5.74) is 3.80. The van der Waals surface area contributed by atoms with Gasteiger partial charge >= 0.3 is 0 Å². The molecule has 1 saturated carbocycles. The summed E-state index contributed by atoms with van der Waals surface area (Å²) in [6.45, 7) is 11.0. The molecule has 154 valence electrons. The van der Waals surface area contributed by atoms with Crippen LogP contribution in [0.5, 0.6) is 0 Å². The Morgan fingerprint density at radius 3 is 2.64 bits per heavy atom. The van der Waals surface area contributed by atoms with E-state index in [0.29, 0.717) is 18.4 Å². The Kier molecular flexibility index (Phi) is 8.11. The number of rotatable bonds is 7. The average Bonchev–Trinajstić information content (AvgIpc) is 2.71. The molecular weight excluding hydrogens is 346 g/mol. The highest BCUT2D eigenvalue weighted by Crippen LogP contribution is 2.30. The van der Waals surface area contributed by atoms with Gasteiger partial charge in [0, 0.05) is 44.6 Å². The molecule has 2 aliphatic rings. The maximum absolute atomic E-state index is 5.91. The zero-order valence-corrected chi connectivity index (χ0v) is 17.9. The van der Waals surface area contributed by atoms with E-state index in [0.717, 1.165) is 32.5 Å². The minimum Gasteiger partial charge on any atom is -0.395 e. The van der Waals surface area contributed by atoms with Crippen molar-refractivity contribution >= 4 is 11.8 Å². The first kappa shape index (κ1) is 21.1. The van der Waals surface area contributed by atoms with Gasteiger partial charge in [-0.2, -0.15) is 0 Å². The molecule has 0 aromatic heterocycles. The molecule has 2 fully saturated rings. The zero-order chi connectivity index (χ0) is 19.8. The van der Waals surface area contributed by atoms with E-state index in [-0.39, 0.29) is 0 Å². The van der Waals surface area contributed by atoms with Crippen molar-refractivity contribution < 1.29 is 4.84 Å². The SMILES string of the molecule is CC[C@H]1CCCC(=Cc2ccccc2)C1=NOCC(C)CN1CCN(C)CC1. The molecule has 2 atom stereocenters. The van der Waals surface area contributed by atoms with Gasteiger partial charge in [0.1, 0.15) is 6.61 Å². The lowest BCUT2D eigenvalue weighted by molar-refractivity contribution is 0.0774. The van der Waals surface area contributed by atoms with Crippen LogP contribution in [0.15, 0.2) is 41.1 Å². The van der Waals surface area contributed by atoms with Gasteiger partial charge in [0.05, 0.1) is 5.71 Å². The third kappa shape index (κ3) is 6.18. The van der Waals surface area contributed by atoms with E-state index in [1.165, 1.54) is 42.8 Å². The Morgan fingerprint density at radius 2 is 1.93 bits per heavy atom. The monoisotopic (exact) mass is 383 g/mol. The fourth-order valence-electron chi connectivity index (χ4n) is 4.25. The summed E-state index contributed by atoms with van der Waals surface area (Å²) in [4.78, 5) is 10.9. The number of oxime groups is 1. The van der Waals surface area contributed by atoms with Gasteiger partial charge in [0.15, 0.2) is 0 Å². The van der Waals surface area contributed by atoms with Gasteiger partial charge in [-0.05, 0) is 49.9 Å². The van der Waals surface area contributed by atoms with Crippen molar-refractivity contribution in [2.45, 2.75) is 39.5 Å². The van der Waals surface area contributed by atoms with Crippen LogP contribution in [0.4, 0.5) is 0 Å². The van der Waals surface area contributed by atoms with Crippen molar-refractivity contribution in [3.05, 3.63) is 41.5 Å². The summed E-state index contributed by atoms with van der Waals surface area (Å²) in [5.74, 6) is 1.02. The Hall–Kier alpha value is -1.65. The molecule has 4 heteroatoms. The Balaban J connectivity index is 1.59. The molecule has 1 heterocycles. The van der Waals surface area contributed by atoms with Crippen molar-refractivity contribution in [3.8, 4) is 0 Å². The average molecular weight is 384 g/mol. The predicted octanol–water partition coefficient (Wildman–Crippen LogP) is 4.54. The molecule has 4 nitrogen and oxygen atoms in total. The first-order valence-corrected chi connectivity index (χ1v) is 11.0. The molecule has 1 aliphatic carbocycles. The second-order valence-electron chi connectivity index (χ2n) is 8.56. The molecule has 1 aromatic carbocycles. The van der Waals surface area contributed by atoms with E-state index < -0.39 is 0 Å². The van der Waals surface area contributed by atoms with Gasteiger partial charge in [-0.3, -0.25) is 0 Å². The van der Waals surface area contributed by atoms with Crippen LogP contribution in [0.1, 0.15) is 45.1 Å². The highest BCUT2D eigenvalue weighted by molar-refractivity contribution is 6.05. The number of hydrogen-bond donors (Lipinski definition) is 0. The molecule has 3 rings (SSSR count). The molecule has 0 N–H and O–H groups in total. The Bertz CT molecular complexity index is 647. The second-order valence-corrected chi connectivity index (χ2v) is 8.56. The third-order valence-corrected chi connectivity index (χ3v) is 6.04. The van der Waals surface area contributed by atoms with Crippen molar-refractivity contribution in [2.24, 2.45) is 17.0 Å². The van der Waals surface area contributed by atoms with E-state index in [9.17, 15) is 0 Å². The number of piperazine rings is 1. The first-order chi connectivity index (χ1) is 13.7. The number of benzene rings is 1. The van der Waals surface area contributed by atoms with Gasteiger partial charge < -0.3 is 14.6 Å². The fourth-order valence-corrected chi connectivity index (χ4v) is 4.25. The molecule has 28 heavy (non-hydrogen) atoms. The standard InChI is InChI=1S/C24H37N3O/c1-4-22-11-8-12-23(17-21-9-6-5-7-10-21)24(22)25-28-19-20(2)18-27-15-13-26(3)14-16-27/h5-7,9-10,17,20,22H,4,8,11-16,18-19H2,1-3H3/t20?,22-/m0/s1. The molecule has 1 aromatic rings. The van der Waals surface area contributed by atoms with E-state index in [4.69, 9.17) is 4.84 Å². The molecule has 1 unspecified atom stereocenters. The van der Waals surface area contributed by atoms with Crippen molar-refractivity contribution in [3.63, 3.8) is 0 Å². The third-order valence-electron chi connectivity index (χ3n) is 6.04. The van der Waals surface area contributed by atoms with Crippen molar-refractivity contribution in [1.29, 1.82) is 0 Å². The van der Waals surface area contributed by atoms with Crippen LogP contribution in [0.3, 0.4) is 0 Å². The van der Waals surface area contributed by atoms with Crippen LogP contribution >= 0.6 is 0 Å². The predicted molar refractivity (Wildman–Crippen MR) is 119 cm³/mol. The highest BCUT2D eigenvalue weighted by atomic mass is 16.6. The quantitative estimate of drug-likeness (QED) is 0.647. The Labute approximate surface area is 171 Å². The van der Waals surface area contributed by atoms with E-state index in [1.54, 1.807) is 0 Å². The van der Waals surface area contributed by atoms with Gasteiger partial charge in [0.2, 0.25) is 0 Å². The van der Waals surface area contributed by atoms with Crippen LogP contribution in [0.25, 0.3) is 6.08 Å². The van der Waals surface area contributed by atoms with Gasteiger partial charge in [-0.25, -0.2) is 0 Å². The summed E-state index contributed by atoms with van der Waals surface area (Å²) in [5, 5.41) is 4.68. The molecule has 1 saturated heterocycles. The molecular formula is C24H37N3O. The number of nitrogens with zero attached hydrogens (tertiary/aromatic N) is 3. The summed E-state index contributed by atoms with van der Waals surface area (Å²) in [6, 6.07) is 10.6. The molecule has 0 spiro atoms.